The second kappa shape index (κ2) is 6.72. The highest BCUT2D eigenvalue weighted by Crippen LogP contribution is 2.27. The fraction of sp³-hybridized carbons (Fsp3) is 0.533. The molecule has 0 spiro atoms. The van der Waals surface area contributed by atoms with Crippen LogP contribution in [0.25, 0.3) is 0 Å². The molecule has 0 aromatic heterocycles. The van der Waals surface area contributed by atoms with Crippen molar-refractivity contribution in [3.8, 4) is 0 Å². The Morgan fingerprint density at radius 1 is 1.21 bits per heavy atom. The summed E-state index contributed by atoms with van der Waals surface area (Å²) in [6.45, 7) is 2.26. The number of alkyl halides is 3. The number of carbonyl (C=O) groups excluding carboxylic acids is 1. The van der Waals surface area contributed by atoms with E-state index in [1.165, 1.54) is 28.6 Å². The number of carbonyl (C=O) groups is 1. The van der Waals surface area contributed by atoms with Crippen molar-refractivity contribution in [2.75, 3.05) is 18.5 Å². The first kappa shape index (κ1) is 18.7. The van der Waals surface area contributed by atoms with E-state index >= 15 is 0 Å². The zero-order chi connectivity index (χ0) is 18.1. The number of rotatable bonds is 3. The van der Waals surface area contributed by atoms with Crippen LogP contribution in [-0.2, 0) is 14.8 Å². The van der Waals surface area contributed by atoms with Crippen LogP contribution in [-0.4, -0.2) is 44.4 Å². The zero-order valence-electron chi connectivity index (χ0n) is 13.4. The van der Waals surface area contributed by atoms with E-state index in [0.717, 1.165) is 26.3 Å². The molecule has 1 fully saturated rings. The molecular formula is C15H19F3N2O3S. The van der Waals surface area contributed by atoms with Crippen LogP contribution in [0.4, 0.5) is 18.9 Å². The van der Waals surface area contributed by atoms with Gasteiger partial charge in [-0.3, -0.25) is 4.79 Å². The standard InChI is InChI=1S/C15H19F3N2O3S/c1-11-5-3-4-10-20(11)24(22,23)13-8-6-12(7-9-13)19(2)14(21)15(16,17)18/h6-9,11H,3-5,10H2,1-2H3/t11-/m0/s1. The van der Waals surface area contributed by atoms with E-state index < -0.39 is 22.1 Å². The Hall–Kier alpha value is -1.61. The molecule has 0 aliphatic carbocycles. The number of hydrogen-bond donors (Lipinski definition) is 0. The average Bonchev–Trinajstić information content (AvgIpc) is 2.53. The molecule has 1 amide bonds. The highest BCUT2D eigenvalue weighted by Gasteiger charge is 2.41. The summed E-state index contributed by atoms with van der Waals surface area (Å²) in [7, 11) is -2.70. The Kier molecular flexibility index (Phi) is 5.24. The fourth-order valence-corrected chi connectivity index (χ4v) is 4.41. The number of halogens is 3. The summed E-state index contributed by atoms with van der Waals surface area (Å²) < 4.78 is 64.0. The molecule has 9 heteroatoms. The predicted octanol–water partition coefficient (Wildman–Crippen LogP) is 2.77. The van der Waals surface area contributed by atoms with Crippen LogP contribution < -0.4 is 4.90 Å². The van der Waals surface area contributed by atoms with E-state index in [-0.39, 0.29) is 16.6 Å². The van der Waals surface area contributed by atoms with Gasteiger partial charge in [0.05, 0.1) is 4.90 Å². The lowest BCUT2D eigenvalue weighted by molar-refractivity contribution is -0.170. The van der Waals surface area contributed by atoms with Crippen LogP contribution in [0.2, 0.25) is 0 Å². The van der Waals surface area contributed by atoms with Gasteiger partial charge in [0.15, 0.2) is 0 Å². The Balaban J connectivity index is 2.24. The Morgan fingerprint density at radius 2 is 1.79 bits per heavy atom. The molecule has 1 atom stereocenters. The van der Waals surface area contributed by atoms with E-state index in [2.05, 4.69) is 0 Å². The minimum Gasteiger partial charge on any atom is -0.308 e. The van der Waals surface area contributed by atoms with Gasteiger partial charge in [-0.15, -0.1) is 0 Å². The third-order valence-corrected chi connectivity index (χ3v) is 6.15. The summed E-state index contributed by atoms with van der Waals surface area (Å²) >= 11 is 0. The quantitative estimate of drug-likeness (QED) is 0.829. The highest BCUT2D eigenvalue weighted by molar-refractivity contribution is 7.89. The molecule has 1 heterocycles. The van der Waals surface area contributed by atoms with Crippen LogP contribution in [0.3, 0.4) is 0 Å². The molecule has 1 aliphatic heterocycles. The minimum atomic E-state index is -4.98. The summed E-state index contributed by atoms with van der Waals surface area (Å²) in [4.78, 5) is 11.7. The molecule has 0 bridgehead atoms. The van der Waals surface area contributed by atoms with Gasteiger partial charge in [0.2, 0.25) is 10.0 Å². The van der Waals surface area contributed by atoms with Crippen molar-refractivity contribution in [1.29, 1.82) is 0 Å². The summed E-state index contributed by atoms with van der Waals surface area (Å²) in [5.74, 6) is -2.01. The van der Waals surface area contributed by atoms with Gasteiger partial charge in [-0.1, -0.05) is 6.42 Å². The number of hydrogen-bond acceptors (Lipinski definition) is 3. The van der Waals surface area contributed by atoms with Crippen LogP contribution in [0.1, 0.15) is 26.2 Å². The topological polar surface area (TPSA) is 57.7 Å². The molecule has 1 aromatic carbocycles. The van der Waals surface area contributed by atoms with Crippen LogP contribution in [0, 0.1) is 0 Å². The number of benzene rings is 1. The lowest BCUT2D eigenvalue weighted by atomic mass is 10.1. The SMILES string of the molecule is C[C@H]1CCCCN1S(=O)(=O)c1ccc(N(C)C(=O)C(F)(F)F)cc1. The van der Waals surface area contributed by atoms with Crippen molar-refractivity contribution in [1.82, 2.24) is 4.31 Å². The monoisotopic (exact) mass is 364 g/mol. The second-order valence-electron chi connectivity index (χ2n) is 5.82. The van der Waals surface area contributed by atoms with Crippen molar-refractivity contribution in [2.45, 2.75) is 43.3 Å². The molecular weight excluding hydrogens is 345 g/mol. The fourth-order valence-electron chi connectivity index (χ4n) is 2.71. The summed E-state index contributed by atoms with van der Waals surface area (Å²) in [6.07, 6.45) is -2.45. The minimum absolute atomic E-state index is 0.00728. The lowest BCUT2D eigenvalue weighted by Gasteiger charge is -2.32. The summed E-state index contributed by atoms with van der Waals surface area (Å²) in [6, 6.07) is 4.74. The van der Waals surface area contributed by atoms with Gasteiger partial charge >= 0.3 is 12.1 Å². The molecule has 1 aliphatic rings. The first-order chi connectivity index (χ1) is 11.0. The first-order valence-electron chi connectivity index (χ1n) is 7.52. The molecule has 24 heavy (non-hydrogen) atoms. The van der Waals surface area contributed by atoms with Crippen LogP contribution in [0.15, 0.2) is 29.2 Å². The zero-order valence-corrected chi connectivity index (χ0v) is 14.2. The van der Waals surface area contributed by atoms with Gasteiger partial charge < -0.3 is 4.90 Å². The summed E-state index contributed by atoms with van der Waals surface area (Å²) in [5.41, 5.74) is -0.0250. The third-order valence-electron chi connectivity index (χ3n) is 4.12. The van der Waals surface area contributed by atoms with Crippen molar-refractivity contribution in [3.05, 3.63) is 24.3 Å². The Morgan fingerprint density at radius 3 is 2.29 bits per heavy atom. The smallest absolute Gasteiger partial charge is 0.308 e. The Labute approximate surface area is 139 Å². The maximum Gasteiger partial charge on any atom is 0.471 e. The molecule has 0 saturated carbocycles. The van der Waals surface area contributed by atoms with Crippen molar-refractivity contribution in [3.63, 3.8) is 0 Å². The van der Waals surface area contributed by atoms with Crippen LogP contribution in [0.5, 0.6) is 0 Å². The maximum absolute atomic E-state index is 12.6. The summed E-state index contributed by atoms with van der Waals surface area (Å²) in [5, 5.41) is 0. The van der Waals surface area contributed by atoms with E-state index in [1.54, 1.807) is 0 Å². The van der Waals surface area contributed by atoms with Gasteiger partial charge in [-0.25, -0.2) is 8.42 Å². The molecule has 5 nitrogen and oxygen atoms in total. The molecule has 1 saturated heterocycles. The normalized spacial score (nSPS) is 20.0. The number of piperidine rings is 1. The predicted molar refractivity (Wildman–Crippen MR) is 83.1 cm³/mol. The van der Waals surface area contributed by atoms with Crippen molar-refractivity contribution in [2.24, 2.45) is 0 Å². The number of nitrogens with zero attached hydrogens (tertiary/aromatic N) is 2. The van der Waals surface area contributed by atoms with Gasteiger partial charge in [0.1, 0.15) is 0 Å². The third kappa shape index (κ3) is 3.72. The van der Waals surface area contributed by atoms with Gasteiger partial charge in [0.25, 0.3) is 0 Å². The molecule has 0 N–H and O–H groups in total. The van der Waals surface area contributed by atoms with E-state index in [9.17, 15) is 26.4 Å². The Bertz CT molecular complexity index is 702. The maximum atomic E-state index is 12.6. The lowest BCUT2D eigenvalue weighted by Crippen LogP contribution is -2.42. The van der Waals surface area contributed by atoms with Crippen LogP contribution >= 0.6 is 0 Å². The second-order valence-corrected chi connectivity index (χ2v) is 7.71. The van der Waals surface area contributed by atoms with Gasteiger partial charge in [-0.05, 0) is 44.0 Å². The first-order valence-corrected chi connectivity index (χ1v) is 8.96. The van der Waals surface area contributed by atoms with Gasteiger partial charge in [0, 0.05) is 25.3 Å². The van der Waals surface area contributed by atoms with E-state index in [0.29, 0.717) is 11.4 Å². The van der Waals surface area contributed by atoms with Crippen molar-refractivity contribution >= 4 is 21.6 Å². The number of amides is 1. The van der Waals surface area contributed by atoms with Gasteiger partial charge in [-0.2, -0.15) is 17.5 Å². The molecule has 0 radical (unpaired) electrons. The molecule has 134 valence electrons. The molecule has 0 unspecified atom stereocenters. The number of sulfonamides is 1. The highest BCUT2D eigenvalue weighted by atomic mass is 32.2. The molecule has 2 rings (SSSR count). The number of anilines is 1. The van der Waals surface area contributed by atoms with E-state index in [4.69, 9.17) is 0 Å². The van der Waals surface area contributed by atoms with Crippen molar-refractivity contribution < 1.29 is 26.4 Å². The molecule has 1 aromatic rings. The van der Waals surface area contributed by atoms with E-state index in [1.807, 2.05) is 6.92 Å². The average molecular weight is 364 g/mol. The largest absolute Gasteiger partial charge is 0.471 e.